The van der Waals surface area contributed by atoms with Crippen molar-refractivity contribution < 1.29 is 14.6 Å². The monoisotopic (exact) mass is 224 g/mol. The Morgan fingerprint density at radius 2 is 2.12 bits per heavy atom. The van der Waals surface area contributed by atoms with E-state index in [0.717, 1.165) is 0 Å². The third-order valence-corrected chi connectivity index (χ3v) is 1.75. The summed E-state index contributed by atoms with van der Waals surface area (Å²) in [7, 11) is 0. The van der Waals surface area contributed by atoms with E-state index in [0.29, 0.717) is 5.56 Å². The average Bonchev–Trinajstić information content (AvgIpc) is 2.09. The molecule has 88 valence electrons. The van der Waals surface area contributed by atoms with Crippen molar-refractivity contribution in [3.8, 4) is 5.75 Å². The van der Waals surface area contributed by atoms with Crippen LogP contribution in [0.15, 0.2) is 12.3 Å². The lowest BCUT2D eigenvalue weighted by atomic mass is 10.2. The highest BCUT2D eigenvalue weighted by Gasteiger charge is 2.17. The molecule has 1 rings (SSSR count). The molecule has 2 N–H and O–H groups in total. The van der Waals surface area contributed by atoms with Crippen molar-refractivity contribution in [2.45, 2.75) is 33.3 Å². The largest absolute Gasteiger partial charge is 0.504 e. The lowest BCUT2D eigenvalue weighted by Crippen LogP contribution is -2.27. The maximum Gasteiger partial charge on any atom is 0.413 e. The number of pyridine rings is 1. The molecule has 0 saturated heterocycles. The van der Waals surface area contributed by atoms with E-state index in [9.17, 15) is 9.90 Å². The van der Waals surface area contributed by atoms with Crippen LogP contribution in [-0.4, -0.2) is 21.8 Å². The number of carbonyl (C=O) groups excluding carboxylic acids is 1. The van der Waals surface area contributed by atoms with Crippen LogP contribution in [0.25, 0.3) is 0 Å². The molecule has 1 aromatic rings. The summed E-state index contributed by atoms with van der Waals surface area (Å²) in [5, 5.41) is 12.0. The number of hydrogen-bond acceptors (Lipinski definition) is 4. The highest BCUT2D eigenvalue weighted by atomic mass is 16.6. The summed E-state index contributed by atoms with van der Waals surface area (Å²) in [6, 6.07) is 1.65. The fraction of sp³-hybridized carbons (Fsp3) is 0.455. The molecular formula is C11H16N2O3. The summed E-state index contributed by atoms with van der Waals surface area (Å²) >= 11 is 0. The van der Waals surface area contributed by atoms with Crippen LogP contribution in [0, 0.1) is 6.92 Å². The zero-order valence-electron chi connectivity index (χ0n) is 9.87. The smallest absolute Gasteiger partial charge is 0.413 e. The van der Waals surface area contributed by atoms with Gasteiger partial charge in [0.15, 0.2) is 11.6 Å². The molecule has 0 bridgehead atoms. The van der Waals surface area contributed by atoms with Gasteiger partial charge < -0.3 is 9.84 Å². The SMILES string of the molecule is Cc1ccnc(NC(=O)OC(C)(C)C)c1O. The molecule has 0 aliphatic heterocycles. The fourth-order valence-electron chi connectivity index (χ4n) is 1.04. The number of amides is 1. The minimum Gasteiger partial charge on any atom is -0.504 e. The van der Waals surface area contributed by atoms with Gasteiger partial charge in [0.05, 0.1) is 0 Å². The van der Waals surface area contributed by atoms with Crippen molar-refractivity contribution in [3.63, 3.8) is 0 Å². The van der Waals surface area contributed by atoms with E-state index in [4.69, 9.17) is 4.74 Å². The molecule has 5 nitrogen and oxygen atoms in total. The maximum absolute atomic E-state index is 11.4. The molecule has 0 aromatic carbocycles. The van der Waals surface area contributed by atoms with Gasteiger partial charge in [-0.25, -0.2) is 9.78 Å². The molecule has 0 unspecified atom stereocenters. The quantitative estimate of drug-likeness (QED) is 0.768. The van der Waals surface area contributed by atoms with Crippen molar-refractivity contribution in [3.05, 3.63) is 17.8 Å². The van der Waals surface area contributed by atoms with Crippen LogP contribution in [0.5, 0.6) is 5.75 Å². The number of nitrogens with zero attached hydrogens (tertiary/aromatic N) is 1. The summed E-state index contributed by atoms with van der Waals surface area (Å²) < 4.78 is 5.04. The molecular weight excluding hydrogens is 208 g/mol. The zero-order chi connectivity index (χ0) is 12.3. The Kier molecular flexibility index (Phi) is 3.37. The third-order valence-electron chi connectivity index (χ3n) is 1.75. The molecule has 16 heavy (non-hydrogen) atoms. The molecule has 1 aromatic heterocycles. The van der Waals surface area contributed by atoms with Crippen molar-refractivity contribution in [2.75, 3.05) is 5.32 Å². The number of aromatic hydroxyl groups is 1. The number of ether oxygens (including phenoxy) is 1. The molecule has 5 heteroatoms. The van der Waals surface area contributed by atoms with Crippen LogP contribution >= 0.6 is 0 Å². The first-order chi connectivity index (χ1) is 7.29. The lowest BCUT2D eigenvalue weighted by molar-refractivity contribution is 0.0634. The first-order valence-electron chi connectivity index (χ1n) is 4.94. The molecule has 0 saturated carbocycles. The normalized spacial score (nSPS) is 11.0. The van der Waals surface area contributed by atoms with Crippen LogP contribution < -0.4 is 5.32 Å². The Morgan fingerprint density at radius 1 is 1.50 bits per heavy atom. The second kappa shape index (κ2) is 4.38. The lowest BCUT2D eigenvalue weighted by Gasteiger charge is -2.19. The van der Waals surface area contributed by atoms with E-state index < -0.39 is 11.7 Å². The Balaban J connectivity index is 2.74. The van der Waals surface area contributed by atoms with Crippen LogP contribution in [0.4, 0.5) is 10.6 Å². The predicted molar refractivity (Wildman–Crippen MR) is 60.5 cm³/mol. The van der Waals surface area contributed by atoms with Gasteiger partial charge in [-0.1, -0.05) is 0 Å². The number of aromatic nitrogens is 1. The van der Waals surface area contributed by atoms with Gasteiger partial charge in [0.25, 0.3) is 0 Å². The van der Waals surface area contributed by atoms with Crippen LogP contribution in [-0.2, 0) is 4.74 Å². The standard InChI is InChI=1S/C11H16N2O3/c1-7-5-6-12-9(8(7)14)13-10(15)16-11(2,3)4/h5-6,14H,1-4H3,(H,12,13,15). The van der Waals surface area contributed by atoms with Gasteiger partial charge in [0.2, 0.25) is 0 Å². The second-order valence-electron chi connectivity index (χ2n) is 4.45. The van der Waals surface area contributed by atoms with Gasteiger partial charge in [-0.2, -0.15) is 0 Å². The number of carbonyl (C=O) groups is 1. The maximum atomic E-state index is 11.4. The van der Waals surface area contributed by atoms with Crippen LogP contribution in [0.2, 0.25) is 0 Å². The van der Waals surface area contributed by atoms with Gasteiger partial charge in [0.1, 0.15) is 5.60 Å². The second-order valence-corrected chi connectivity index (χ2v) is 4.45. The summed E-state index contributed by atoms with van der Waals surface area (Å²) in [6.07, 6.45) is 0.864. The van der Waals surface area contributed by atoms with Crippen molar-refractivity contribution in [1.29, 1.82) is 0 Å². The van der Waals surface area contributed by atoms with Gasteiger partial charge in [0, 0.05) is 6.20 Å². The minimum absolute atomic E-state index is 0.0478. The van der Waals surface area contributed by atoms with Crippen LogP contribution in [0.3, 0.4) is 0 Å². The minimum atomic E-state index is -0.638. The molecule has 1 heterocycles. The van der Waals surface area contributed by atoms with E-state index in [2.05, 4.69) is 10.3 Å². The Labute approximate surface area is 94.5 Å². The van der Waals surface area contributed by atoms with Gasteiger partial charge in [-0.15, -0.1) is 0 Å². The van der Waals surface area contributed by atoms with Crippen molar-refractivity contribution in [2.24, 2.45) is 0 Å². The van der Waals surface area contributed by atoms with Crippen molar-refractivity contribution in [1.82, 2.24) is 4.98 Å². The molecule has 1 amide bonds. The fourth-order valence-corrected chi connectivity index (χ4v) is 1.04. The molecule has 0 radical (unpaired) electrons. The molecule has 0 atom stereocenters. The number of rotatable bonds is 1. The van der Waals surface area contributed by atoms with E-state index in [1.807, 2.05) is 0 Å². The van der Waals surface area contributed by atoms with Crippen molar-refractivity contribution >= 4 is 11.9 Å². The highest BCUT2D eigenvalue weighted by molar-refractivity contribution is 5.85. The van der Waals surface area contributed by atoms with E-state index in [-0.39, 0.29) is 11.6 Å². The Morgan fingerprint density at radius 3 is 2.69 bits per heavy atom. The summed E-state index contributed by atoms with van der Waals surface area (Å²) in [5.74, 6) is 0.0580. The topological polar surface area (TPSA) is 71.5 Å². The number of nitrogens with one attached hydrogen (secondary N) is 1. The number of hydrogen-bond donors (Lipinski definition) is 2. The van der Waals surface area contributed by atoms with Crippen LogP contribution in [0.1, 0.15) is 26.3 Å². The van der Waals surface area contributed by atoms with Gasteiger partial charge in [-0.05, 0) is 39.3 Å². The number of aryl methyl sites for hydroxylation is 1. The molecule has 0 aliphatic rings. The zero-order valence-corrected chi connectivity index (χ0v) is 9.87. The van der Waals surface area contributed by atoms with E-state index in [1.54, 1.807) is 33.8 Å². The van der Waals surface area contributed by atoms with Gasteiger partial charge in [-0.3, -0.25) is 5.32 Å². The van der Waals surface area contributed by atoms with E-state index >= 15 is 0 Å². The van der Waals surface area contributed by atoms with Gasteiger partial charge >= 0.3 is 6.09 Å². The summed E-state index contributed by atoms with van der Waals surface area (Å²) in [5.41, 5.74) is 0.0600. The summed E-state index contributed by atoms with van der Waals surface area (Å²) in [6.45, 7) is 7.00. The third kappa shape index (κ3) is 3.42. The highest BCUT2D eigenvalue weighted by Crippen LogP contribution is 2.24. The Bertz CT molecular complexity index is 397. The first kappa shape index (κ1) is 12.3. The number of anilines is 1. The van der Waals surface area contributed by atoms with E-state index in [1.165, 1.54) is 6.20 Å². The summed E-state index contributed by atoms with van der Waals surface area (Å²) in [4.78, 5) is 15.3. The predicted octanol–water partition coefficient (Wildman–Crippen LogP) is 2.44. The Hall–Kier alpha value is -1.78. The molecule has 0 spiro atoms. The molecule has 0 fully saturated rings. The first-order valence-corrected chi connectivity index (χ1v) is 4.94. The molecule has 0 aliphatic carbocycles. The average molecular weight is 224 g/mol.